The molecule has 0 heterocycles. The Bertz CT molecular complexity index is 682. The number of hydrogen-bond donors (Lipinski definition) is 3. The van der Waals surface area contributed by atoms with Gasteiger partial charge in [-0.3, -0.25) is 4.99 Å². The minimum Gasteiger partial charge on any atom is -0.491 e. The Labute approximate surface area is 141 Å². The van der Waals surface area contributed by atoms with Gasteiger partial charge < -0.3 is 20.9 Å². The van der Waals surface area contributed by atoms with E-state index < -0.39 is 6.10 Å². The molecule has 2 rings (SSSR count). The van der Waals surface area contributed by atoms with Crippen LogP contribution in [0.2, 0.25) is 0 Å². The summed E-state index contributed by atoms with van der Waals surface area (Å²) >= 11 is 0. The minimum atomic E-state index is -0.811. The maximum absolute atomic E-state index is 12.8. The molecule has 0 spiro atoms. The van der Waals surface area contributed by atoms with Crippen molar-refractivity contribution in [2.75, 3.05) is 18.5 Å². The molecule has 0 aliphatic heterocycles. The van der Waals surface area contributed by atoms with Crippen LogP contribution in [0, 0.1) is 19.7 Å². The van der Waals surface area contributed by atoms with Gasteiger partial charge in [0, 0.05) is 5.69 Å². The van der Waals surface area contributed by atoms with Crippen molar-refractivity contribution in [3.8, 4) is 5.75 Å². The van der Waals surface area contributed by atoms with Crippen molar-refractivity contribution in [2.45, 2.75) is 20.0 Å². The van der Waals surface area contributed by atoms with Gasteiger partial charge in [-0.05, 0) is 61.4 Å². The number of nitrogens with zero attached hydrogens (tertiary/aromatic N) is 1. The molecular formula is C18H22FN3O2. The van der Waals surface area contributed by atoms with Crippen molar-refractivity contribution in [1.82, 2.24) is 0 Å². The molecule has 0 amide bonds. The van der Waals surface area contributed by atoms with E-state index in [1.165, 1.54) is 24.3 Å². The third-order valence-electron chi connectivity index (χ3n) is 3.22. The maximum atomic E-state index is 12.8. The molecule has 6 heteroatoms. The molecule has 4 N–H and O–H groups in total. The molecule has 0 radical (unpaired) electrons. The van der Waals surface area contributed by atoms with Crippen LogP contribution in [0.4, 0.5) is 10.1 Å². The van der Waals surface area contributed by atoms with Crippen LogP contribution in [-0.2, 0) is 0 Å². The second-order valence-electron chi connectivity index (χ2n) is 5.65. The Morgan fingerprint density at radius 1 is 1.21 bits per heavy atom. The van der Waals surface area contributed by atoms with Gasteiger partial charge in [-0.2, -0.15) is 0 Å². The van der Waals surface area contributed by atoms with Crippen LogP contribution in [0.25, 0.3) is 0 Å². The van der Waals surface area contributed by atoms with Crippen LogP contribution in [0.3, 0.4) is 0 Å². The summed E-state index contributed by atoms with van der Waals surface area (Å²) in [7, 11) is 0. The largest absolute Gasteiger partial charge is 0.491 e. The number of halogens is 1. The number of benzene rings is 2. The lowest BCUT2D eigenvalue weighted by molar-refractivity contribution is 0.114. The highest BCUT2D eigenvalue weighted by atomic mass is 19.1. The molecule has 0 aliphatic carbocycles. The molecule has 24 heavy (non-hydrogen) atoms. The summed E-state index contributed by atoms with van der Waals surface area (Å²) < 4.78 is 18.1. The predicted molar refractivity (Wildman–Crippen MR) is 93.9 cm³/mol. The second kappa shape index (κ2) is 8.31. The van der Waals surface area contributed by atoms with Crippen LogP contribution in [0.1, 0.15) is 11.1 Å². The summed E-state index contributed by atoms with van der Waals surface area (Å²) in [5, 5.41) is 12.9. The number of ether oxygens (including phenoxy) is 1. The van der Waals surface area contributed by atoms with E-state index in [4.69, 9.17) is 10.5 Å². The summed E-state index contributed by atoms with van der Waals surface area (Å²) in [6.45, 7) is 4.15. The fraction of sp³-hybridized carbons (Fsp3) is 0.278. The quantitative estimate of drug-likeness (QED) is 0.561. The highest BCUT2D eigenvalue weighted by Crippen LogP contribution is 2.13. The first-order valence-corrected chi connectivity index (χ1v) is 7.64. The summed E-state index contributed by atoms with van der Waals surface area (Å²) in [6, 6.07) is 11.6. The summed E-state index contributed by atoms with van der Waals surface area (Å²) in [6.07, 6.45) is -0.811. The van der Waals surface area contributed by atoms with Gasteiger partial charge in [-0.25, -0.2) is 4.39 Å². The van der Waals surface area contributed by atoms with E-state index >= 15 is 0 Å². The van der Waals surface area contributed by atoms with Gasteiger partial charge in [0.05, 0.1) is 6.54 Å². The van der Waals surface area contributed by atoms with Gasteiger partial charge in [-0.15, -0.1) is 0 Å². The Morgan fingerprint density at radius 2 is 1.83 bits per heavy atom. The van der Waals surface area contributed by atoms with Gasteiger partial charge in [-0.1, -0.05) is 6.07 Å². The standard InChI is InChI=1S/C18H22FN3O2/c1-12-7-13(2)9-15(8-12)22-18(20)21-10-16(23)11-24-17-5-3-14(19)4-6-17/h3-9,16,23H,10-11H2,1-2H3,(H3,20,21,22). The summed E-state index contributed by atoms with van der Waals surface area (Å²) in [5.41, 5.74) is 8.92. The zero-order valence-corrected chi connectivity index (χ0v) is 13.8. The normalized spacial score (nSPS) is 12.8. The third-order valence-corrected chi connectivity index (χ3v) is 3.22. The van der Waals surface area contributed by atoms with Gasteiger partial charge >= 0.3 is 0 Å². The molecular weight excluding hydrogens is 309 g/mol. The molecule has 2 aromatic carbocycles. The molecule has 0 aromatic heterocycles. The van der Waals surface area contributed by atoms with Crippen molar-refractivity contribution in [2.24, 2.45) is 10.7 Å². The second-order valence-corrected chi connectivity index (χ2v) is 5.65. The first-order valence-electron chi connectivity index (χ1n) is 7.64. The molecule has 0 fully saturated rings. The highest BCUT2D eigenvalue weighted by Gasteiger charge is 2.05. The smallest absolute Gasteiger partial charge is 0.193 e. The molecule has 1 unspecified atom stereocenters. The fourth-order valence-electron chi connectivity index (χ4n) is 2.21. The highest BCUT2D eigenvalue weighted by molar-refractivity contribution is 5.92. The van der Waals surface area contributed by atoms with Crippen LogP contribution >= 0.6 is 0 Å². The number of guanidine groups is 1. The van der Waals surface area contributed by atoms with E-state index in [0.717, 1.165) is 16.8 Å². The van der Waals surface area contributed by atoms with E-state index in [2.05, 4.69) is 16.4 Å². The Morgan fingerprint density at radius 3 is 2.46 bits per heavy atom. The number of nitrogens with one attached hydrogen (secondary N) is 1. The van der Waals surface area contributed by atoms with Crippen LogP contribution in [-0.4, -0.2) is 30.3 Å². The molecule has 1 atom stereocenters. The number of aliphatic imine (C=N–C) groups is 1. The van der Waals surface area contributed by atoms with Crippen molar-refractivity contribution in [3.63, 3.8) is 0 Å². The summed E-state index contributed by atoms with van der Waals surface area (Å²) in [5.74, 6) is 0.374. The average molecular weight is 331 g/mol. The molecule has 5 nitrogen and oxygen atoms in total. The SMILES string of the molecule is Cc1cc(C)cc(NC(N)=NCC(O)COc2ccc(F)cc2)c1. The Balaban J connectivity index is 1.81. The van der Waals surface area contributed by atoms with Gasteiger partial charge in [0.15, 0.2) is 5.96 Å². The Kier molecular flexibility index (Phi) is 6.14. The number of hydrogen-bond acceptors (Lipinski definition) is 3. The molecule has 0 saturated heterocycles. The van der Waals surface area contributed by atoms with E-state index in [1.54, 1.807) is 0 Å². The first-order chi connectivity index (χ1) is 11.4. The fourth-order valence-corrected chi connectivity index (χ4v) is 2.21. The molecule has 0 aliphatic rings. The zero-order chi connectivity index (χ0) is 17.5. The number of aryl methyl sites for hydroxylation is 2. The van der Waals surface area contributed by atoms with E-state index in [-0.39, 0.29) is 24.9 Å². The van der Waals surface area contributed by atoms with Crippen molar-refractivity contribution in [1.29, 1.82) is 0 Å². The number of aliphatic hydroxyl groups is 1. The summed E-state index contributed by atoms with van der Waals surface area (Å²) in [4.78, 5) is 4.10. The number of nitrogens with two attached hydrogens (primary N) is 1. The Hall–Kier alpha value is -2.60. The monoisotopic (exact) mass is 331 g/mol. The zero-order valence-electron chi connectivity index (χ0n) is 13.8. The molecule has 128 valence electrons. The third kappa shape index (κ3) is 5.89. The number of rotatable bonds is 6. The van der Waals surface area contributed by atoms with Crippen molar-refractivity contribution in [3.05, 3.63) is 59.4 Å². The number of aliphatic hydroxyl groups excluding tert-OH is 1. The van der Waals surface area contributed by atoms with Crippen LogP contribution in [0.5, 0.6) is 5.75 Å². The maximum Gasteiger partial charge on any atom is 0.193 e. The van der Waals surface area contributed by atoms with Gasteiger partial charge in [0.1, 0.15) is 24.3 Å². The number of anilines is 1. The first kappa shape index (κ1) is 17.7. The molecule has 2 aromatic rings. The van der Waals surface area contributed by atoms with Crippen LogP contribution in [0.15, 0.2) is 47.5 Å². The lowest BCUT2D eigenvalue weighted by Gasteiger charge is -2.12. The van der Waals surface area contributed by atoms with Crippen molar-refractivity contribution < 1.29 is 14.2 Å². The molecule has 0 bridgehead atoms. The van der Waals surface area contributed by atoms with Gasteiger partial charge in [0.2, 0.25) is 0 Å². The lowest BCUT2D eigenvalue weighted by Crippen LogP contribution is -2.27. The lowest BCUT2D eigenvalue weighted by atomic mass is 10.1. The van der Waals surface area contributed by atoms with E-state index in [9.17, 15) is 9.50 Å². The predicted octanol–water partition coefficient (Wildman–Crippen LogP) is 2.61. The van der Waals surface area contributed by atoms with Crippen LogP contribution < -0.4 is 15.8 Å². The van der Waals surface area contributed by atoms with E-state index in [1.807, 2.05) is 26.0 Å². The topological polar surface area (TPSA) is 79.9 Å². The average Bonchev–Trinajstić information content (AvgIpc) is 2.51. The van der Waals surface area contributed by atoms with Gasteiger partial charge in [0.25, 0.3) is 0 Å². The van der Waals surface area contributed by atoms with Crippen molar-refractivity contribution >= 4 is 11.6 Å². The van der Waals surface area contributed by atoms with E-state index in [0.29, 0.717) is 5.75 Å². The minimum absolute atomic E-state index is 0.0476. The molecule has 0 saturated carbocycles.